The maximum absolute atomic E-state index is 4.69. The molecule has 1 aliphatic carbocycles. The average Bonchev–Trinajstić information content (AvgIpc) is 3.26. The topological polar surface area (TPSA) is 31.4 Å². The van der Waals surface area contributed by atoms with Crippen molar-refractivity contribution < 1.29 is 0 Å². The lowest BCUT2D eigenvalue weighted by molar-refractivity contribution is 0.337. The van der Waals surface area contributed by atoms with Gasteiger partial charge >= 0.3 is 0 Å². The summed E-state index contributed by atoms with van der Waals surface area (Å²) in [5.41, 5.74) is 1.29. The molecule has 2 aliphatic rings. The third-order valence-corrected chi connectivity index (χ3v) is 4.32. The highest BCUT2D eigenvalue weighted by molar-refractivity contribution is 5.40. The van der Waals surface area contributed by atoms with E-state index in [2.05, 4.69) is 46.2 Å². The van der Waals surface area contributed by atoms with Crippen LogP contribution in [0.15, 0.2) is 18.3 Å². The molecule has 1 N–H and O–H groups in total. The summed E-state index contributed by atoms with van der Waals surface area (Å²) < 4.78 is 0. The zero-order valence-corrected chi connectivity index (χ0v) is 12.7. The molecule has 20 heavy (non-hydrogen) atoms. The quantitative estimate of drug-likeness (QED) is 0.908. The first-order valence-corrected chi connectivity index (χ1v) is 7.86. The molecule has 0 radical (unpaired) electrons. The Kier molecular flexibility index (Phi) is 4.22. The molecule has 2 fully saturated rings. The minimum atomic E-state index is 0.533. The number of nitrogens with one attached hydrogen (secondary N) is 1. The summed E-state index contributed by atoms with van der Waals surface area (Å²) in [6.07, 6.45) is 5.92. The Labute approximate surface area is 122 Å². The Morgan fingerprint density at radius 2 is 2.15 bits per heavy atom. The lowest BCUT2D eigenvalue weighted by Crippen LogP contribution is -2.38. The standard InChI is InChI=1S/C16H26N4/c1-13-12-19(2)8-3-9-20(13)16-7-4-14(11-18-16)10-17-15-5-6-15/h4,7,11,13,15,17H,3,5-6,8-10,12H2,1-2H3. The van der Waals surface area contributed by atoms with Crippen molar-refractivity contribution in [2.75, 3.05) is 31.6 Å². The van der Waals surface area contributed by atoms with Gasteiger partial charge in [0.15, 0.2) is 0 Å². The van der Waals surface area contributed by atoms with E-state index in [9.17, 15) is 0 Å². The smallest absolute Gasteiger partial charge is 0.128 e. The lowest BCUT2D eigenvalue weighted by Gasteiger charge is -2.29. The number of aromatic nitrogens is 1. The highest BCUT2D eigenvalue weighted by Gasteiger charge is 2.21. The summed E-state index contributed by atoms with van der Waals surface area (Å²) >= 11 is 0. The van der Waals surface area contributed by atoms with Gasteiger partial charge in [0.25, 0.3) is 0 Å². The number of nitrogens with zero attached hydrogens (tertiary/aromatic N) is 3. The Morgan fingerprint density at radius 1 is 1.30 bits per heavy atom. The van der Waals surface area contributed by atoms with Crippen LogP contribution < -0.4 is 10.2 Å². The molecular formula is C16H26N4. The van der Waals surface area contributed by atoms with Gasteiger partial charge in [0.1, 0.15) is 5.82 Å². The van der Waals surface area contributed by atoms with Crippen molar-refractivity contribution in [2.24, 2.45) is 0 Å². The number of pyridine rings is 1. The van der Waals surface area contributed by atoms with Crippen LogP contribution in [0.2, 0.25) is 0 Å². The van der Waals surface area contributed by atoms with E-state index in [1.54, 1.807) is 0 Å². The molecule has 1 atom stereocenters. The van der Waals surface area contributed by atoms with Crippen LogP contribution in [0.25, 0.3) is 0 Å². The van der Waals surface area contributed by atoms with E-state index >= 15 is 0 Å². The van der Waals surface area contributed by atoms with E-state index in [1.165, 1.54) is 31.4 Å². The van der Waals surface area contributed by atoms with Gasteiger partial charge in [-0.1, -0.05) is 6.07 Å². The fourth-order valence-corrected chi connectivity index (χ4v) is 2.95. The lowest BCUT2D eigenvalue weighted by atomic mass is 10.2. The molecule has 3 rings (SSSR count). The van der Waals surface area contributed by atoms with Crippen LogP contribution in [0, 0.1) is 0 Å². The van der Waals surface area contributed by atoms with Gasteiger partial charge in [-0.05, 0) is 51.4 Å². The maximum atomic E-state index is 4.69. The molecule has 0 amide bonds. The Bertz CT molecular complexity index is 427. The predicted octanol–water partition coefficient (Wildman–Crippen LogP) is 1.86. The minimum Gasteiger partial charge on any atom is -0.353 e. The third-order valence-electron chi connectivity index (χ3n) is 4.32. The van der Waals surface area contributed by atoms with Crippen molar-refractivity contribution in [1.29, 1.82) is 0 Å². The number of hydrogen-bond donors (Lipinski definition) is 1. The zero-order chi connectivity index (χ0) is 13.9. The normalized spacial score (nSPS) is 24.7. The molecule has 1 aromatic rings. The van der Waals surface area contributed by atoms with E-state index in [4.69, 9.17) is 0 Å². The zero-order valence-electron chi connectivity index (χ0n) is 12.7. The second kappa shape index (κ2) is 6.10. The average molecular weight is 274 g/mol. The van der Waals surface area contributed by atoms with Gasteiger partial charge in [0.05, 0.1) is 0 Å². The highest BCUT2D eigenvalue weighted by Crippen LogP contribution is 2.20. The first-order chi connectivity index (χ1) is 9.72. The molecule has 0 aromatic carbocycles. The van der Waals surface area contributed by atoms with Crippen molar-refractivity contribution in [1.82, 2.24) is 15.2 Å². The van der Waals surface area contributed by atoms with Crippen LogP contribution >= 0.6 is 0 Å². The first-order valence-electron chi connectivity index (χ1n) is 7.86. The van der Waals surface area contributed by atoms with E-state index in [0.29, 0.717) is 6.04 Å². The number of rotatable bonds is 4. The molecule has 1 aromatic heterocycles. The summed E-state index contributed by atoms with van der Waals surface area (Å²) in [4.78, 5) is 9.55. The monoisotopic (exact) mass is 274 g/mol. The SMILES string of the molecule is CC1CN(C)CCCN1c1ccc(CNC2CC2)cn1. The number of hydrogen-bond acceptors (Lipinski definition) is 4. The van der Waals surface area contributed by atoms with Crippen molar-refractivity contribution in [3.63, 3.8) is 0 Å². The van der Waals surface area contributed by atoms with Gasteiger partial charge in [-0.25, -0.2) is 4.98 Å². The van der Waals surface area contributed by atoms with Gasteiger partial charge in [-0.15, -0.1) is 0 Å². The molecule has 1 saturated carbocycles. The van der Waals surface area contributed by atoms with Gasteiger partial charge in [-0.2, -0.15) is 0 Å². The van der Waals surface area contributed by atoms with E-state index in [0.717, 1.165) is 31.5 Å². The van der Waals surface area contributed by atoms with Crippen molar-refractivity contribution in [3.8, 4) is 0 Å². The van der Waals surface area contributed by atoms with Crippen molar-refractivity contribution in [2.45, 2.75) is 44.8 Å². The maximum Gasteiger partial charge on any atom is 0.128 e. The highest BCUT2D eigenvalue weighted by atomic mass is 15.3. The van der Waals surface area contributed by atoms with Crippen LogP contribution in [-0.2, 0) is 6.54 Å². The van der Waals surface area contributed by atoms with Gasteiger partial charge in [0, 0.05) is 37.9 Å². The summed E-state index contributed by atoms with van der Waals surface area (Å²) in [7, 11) is 2.21. The second-order valence-corrected chi connectivity index (χ2v) is 6.34. The molecular weight excluding hydrogens is 248 g/mol. The number of likely N-dealkylation sites (N-methyl/N-ethyl adjacent to an activating group) is 1. The van der Waals surface area contributed by atoms with Crippen LogP contribution in [0.1, 0.15) is 31.7 Å². The van der Waals surface area contributed by atoms with E-state index in [-0.39, 0.29) is 0 Å². The number of anilines is 1. The Morgan fingerprint density at radius 3 is 2.85 bits per heavy atom. The third kappa shape index (κ3) is 3.49. The molecule has 0 spiro atoms. The Hall–Kier alpha value is -1.13. The van der Waals surface area contributed by atoms with Crippen LogP contribution in [0.4, 0.5) is 5.82 Å². The molecule has 1 saturated heterocycles. The second-order valence-electron chi connectivity index (χ2n) is 6.34. The minimum absolute atomic E-state index is 0.533. The molecule has 0 bridgehead atoms. The van der Waals surface area contributed by atoms with Crippen molar-refractivity contribution >= 4 is 5.82 Å². The van der Waals surface area contributed by atoms with Gasteiger partial charge < -0.3 is 15.1 Å². The summed E-state index contributed by atoms with van der Waals surface area (Å²) in [6, 6.07) is 5.70. The van der Waals surface area contributed by atoms with Gasteiger partial charge in [-0.3, -0.25) is 0 Å². The molecule has 1 aliphatic heterocycles. The molecule has 4 heteroatoms. The molecule has 110 valence electrons. The fourth-order valence-electron chi connectivity index (χ4n) is 2.95. The largest absolute Gasteiger partial charge is 0.353 e. The summed E-state index contributed by atoms with van der Waals surface area (Å²) in [5, 5.41) is 3.54. The van der Waals surface area contributed by atoms with Crippen LogP contribution in [0.3, 0.4) is 0 Å². The van der Waals surface area contributed by atoms with Gasteiger partial charge in [0.2, 0.25) is 0 Å². The predicted molar refractivity (Wildman–Crippen MR) is 83.0 cm³/mol. The molecule has 4 nitrogen and oxygen atoms in total. The molecule has 1 unspecified atom stereocenters. The van der Waals surface area contributed by atoms with E-state index in [1.807, 2.05) is 6.20 Å². The summed E-state index contributed by atoms with van der Waals surface area (Å²) in [5.74, 6) is 1.13. The molecule has 2 heterocycles. The first kappa shape index (κ1) is 13.8. The fraction of sp³-hybridized carbons (Fsp3) is 0.688. The van der Waals surface area contributed by atoms with Crippen molar-refractivity contribution in [3.05, 3.63) is 23.9 Å². The van der Waals surface area contributed by atoms with Crippen LogP contribution in [-0.4, -0.2) is 48.6 Å². The summed E-state index contributed by atoms with van der Waals surface area (Å²) in [6.45, 7) is 6.66. The van der Waals surface area contributed by atoms with Crippen LogP contribution in [0.5, 0.6) is 0 Å². The Balaban J connectivity index is 1.63. The van der Waals surface area contributed by atoms with E-state index < -0.39 is 0 Å².